The van der Waals surface area contributed by atoms with E-state index < -0.39 is 0 Å². The van der Waals surface area contributed by atoms with Gasteiger partial charge in [0.15, 0.2) is 0 Å². The first-order valence-electron chi connectivity index (χ1n) is 7.39. The van der Waals surface area contributed by atoms with E-state index in [9.17, 15) is 4.79 Å². The molecule has 22 heavy (non-hydrogen) atoms. The van der Waals surface area contributed by atoms with Crippen molar-refractivity contribution < 1.29 is 4.79 Å². The van der Waals surface area contributed by atoms with Crippen LogP contribution in [0.15, 0.2) is 24.7 Å². The molecule has 0 aliphatic heterocycles. The number of aryl methyl sites for hydroxylation is 2. The van der Waals surface area contributed by atoms with Gasteiger partial charge in [-0.15, -0.1) is 11.3 Å². The largest absolute Gasteiger partial charge is 0.338 e. The maximum Gasteiger partial charge on any atom is 0.314 e. The number of amides is 2. The van der Waals surface area contributed by atoms with Gasteiger partial charge in [-0.3, -0.25) is 4.98 Å². The zero-order valence-corrected chi connectivity index (χ0v) is 14.0. The molecular weight excluding hydrogens is 296 g/mol. The predicted molar refractivity (Wildman–Crippen MR) is 89.3 cm³/mol. The Labute approximate surface area is 135 Å². The highest BCUT2D eigenvalue weighted by Crippen LogP contribution is 2.20. The van der Waals surface area contributed by atoms with E-state index in [0.29, 0.717) is 13.1 Å². The molecule has 0 aliphatic carbocycles. The molecule has 0 aliphatic rings. The van der Waals surface area contributed by atoms with E-state index in [2.05, 4.69) is 27.5 Å². The van der Waals surface area contributed by atoms with Crippen LogP contribution in [-0.2, 0) is 6.42 Å². The average Bonchev–Trinajstić information content (AvgIpc) is 2.93. The number of rotatable bonds is 6. The molecule has 6 heteroatoms. The van der Waals surface area contributed by atoms with E-state index in [1.165, 1.54) is 10.4 Å². The number of urea groups is 1. The average molecular weight is 318 g/mol. The van der Waals surface area contributed by atoms with Gasteiger partial charge in [0, 0.05) is 42.5 Å². The van der Waals surface area contributed by atoms with Gasteiger partial charge >= 0.3 is 6.03 Å². The van der Waals surface area contributed by atoms with Gasteiger partial charge in [0.05, 0.1) is 5.01 Å². The fourth-order valence-electron chi connectivity index (χ4n) is 2.09. The summed E-state index contributed by atoms with van der Waals surface area (Å²) in [6, 6.07) is 1.86. The van der Waals surface area contributed by atoms with Crippen LogP contribution in [0.3, 0.4) is 0 Å². The van der Waals surface area contributed by atoms with Crippen LogP contribution in [0.25, 0.3) is 0 Å². The van der Waals surface area contributed by atoms with Crippen LogP contribution >= 0.6 is 11.3 Å². The Kier molecular flexibility index (Phi) is 5.89. The van der Waals surface area contributed by atoms with E-state index in [0.717, 1.165) is 17.0 Å². The maximum atomic E-state index is 11.8. The number of hydrogen-bond donors (Lipinski definition) is 2. The fraction of sp³-hybridized carbons (Fsp3) is 0.438. The van der Waals surface area contributed by atoms with Crippen molar-refractivity contribution in [3.63, 3.8) is 0 Å². The summed E-state index contributed by atoms with van der Waals surface area (Å²) in [5, 5.41) is 6.84. The second-order valence-corrected chi connectivity index (χ2v) is 6.67. The highest BCUT2D eigenvalue weighted by molar-refractivity contribution is 7.11. The van der Waals surface area contributed by atoms with E-state index in [4.69, 9.17) is 0 Å². The number of pyridine rings is 1. The van der Waals surface area contributed by atoms with Gasteiger partial charge in [0.2, 0.25) is 0 Å². The van der Waals surface area contributed by atoms with E-state index in [1.54, 1.807) is 17.5 Å². The SMILES string of the molecule is Cc1cnc(C(C)CNC(=O)NCCc2ccncc2C)s1. The van der Waals surface area contributed by atoms with Crippen molar-refractivity contribution in [3.05, 3.63) is 45.7 Å². The third kappa shape index (κ3) is 4.80. The molecule has 1 unspecified atom stereocenters. The van der Waals surface area contributed by atoms with Gasteiger partial charge in [-0.05, 0) is 37.5 Å². The minimum absolute atomic E-state index is 0.133. The molecule has 1 atom stereocenters. The van der Waals surface area contributed by atoms with Gasteiger partial charge in [0.25, 0.3) is 0 Å². The minimum atomic E-state index is -0.133. The Bertz CT molecular complexity index is 626. The number of carbonyl (C=O) groups excluding carboxylic acids is 1. The summed E-state index contributed by atoms with van der Waals surface area (Å²) >= 11 is 1.68. The molecule has 0 fully saturated rings. The molecule has 2 aromatic heterocycles. The summed E-state index contributed by atoms with van der Waals surface area (Å²) in [5.74, 6) is 0.229. The summed E-state index contributed by atoms with van der Waals surface area (Å²) in [6.07, 6.45) is 6.30. The van der Waals surface area contributed by atoms with E-state index in [-0.39, 0.29) is 11.9 Å². The highest BCUT2D eigenvalue weighted by atomic mass is 32.1. The second kappa shape index (κ2) is 7.89. The molecule has 5 nitrogen and oxygen atoms in total. The van der Waals surface area contributed by atoms with Crippen molar-refractivity contribution in [3.8, 4) is 0 Å². The number of hydrogen-bond acceptors (Lipinski definition) is 4. The van der Waals surface area contributed by atoms with Crippen LogP contribution in [-0.4, -0.2) is 29.1 Å². The molecular formula is C16H22N4OS. The summed E-state index contributed by atoms with van der Waals surface area (Å²) < 4.78 is 0. The lowest BCUT2D eigenvalue weighted by Gasteiger charge is -2.11. The van der Waals surface area contributed by atoms with Crippen molar-refractivity contribution in [2.24, 2.45) is 0 Å². The normalized spacial score (nSPS) is 12.0. The lowest BCUT2D eigenvalue weighted by atomic mass is 10.1. The van der Waals surface area contributed by atoms with E-state index in [1.807, 2.05) is 32.3 Å². The number of thiazole rings is 1. The van der Waals surface area contributed by atoms with Crippen molar-refractivity contribution in [2.75, 3.05) is 13.1 Å². The topological polar surface area (TPSA) is 66.9 Å². The van der Waals surface area contributed by atoms with E-state index >= 15 is 0 Å². The first kappa shape index (κ1) is 16.4. The minimum Gasteiger partial charge on any atom is -0.338 e. The highest BCUT2D eigenvalue weighted by Gasteiger charge is 2.10. The molecule has 2 aromatic rings. The van der Waals surface area contributed by atoms with Crippen LogP contribution in [0.2, 0.25) is 0 Å². The Balaban J connectivity index is 1.69. The molecule has 0 saturated carbocycles. The number of nitrogens with one attached hydrogen (secondary N) is 2. The number of aromatic nitrogens is 2. The van der Waals surface area contributed by atoms with Crippen LogP contribution < -0.4 is 10.6 Å². The first-order chi connectivity index (χ1) is 10.6. The number of carbonyl (C=O) groups is 1. The summed E-state index contributed by atoms with van der Waals surface area (Å²) in [6.45, 7) is 7.34. The van der Waals surface area contributed by atoms with Crippen molar-refractivity contribution in [1.82, 2.24) is 20.6 Å². The van der Waals surface area contributed by atoms with Gasteiger partial charge < -0.3 is 10.6 Å². The van der Waals surface area contributed by atoms with Gasteiger partial charge in [-0.2, -0.15) is 0 Å². The van der Waals surface area contributed by atoms with Crippen molar-refractivity contribution >= 4 is 17.4 Å². The zero-order valence-electron chi connectivity index (χ0n) is 13.2. The van der Waals surface area contributed by atoms with Crippen LogP contribution in [0.1, 0.15) is 33.9 Å². The number of nitrogens with zero attached hydrogens (tertiary/aromatic N) is 2. The molecule has 2 rings (SSSR count). The quantitative estimate of drug-likeness (QED) is 0.860. The monoisotopic (exact) mass is 318 g/mol. The first-order valence-corrected chi connectivity index (χ1v) is 8.21. The van der Waals surface area contributed by atoms with Gasteiger partial charge in [-0.25, -0.2) is 9.78 Å². The van der Waals surface area contributed by atoms with Crippen LogP contribution in [0.4, 0.5) is 4.79 Å². The molecule has 0 radical (unpaired) electrons. The summed E-state index contributed by atoms with van der Waals surface area (Å²) in [5.41, 5.74) is 2.36. The summed E-state index contributed by atoms with van der Waals surface area (Å²) in [7, 11) is 0. The molecule has 0 aromatic carbocycles. The Morgan fingerprint density at radius 3 is 2.82 bits per heavy atom. The molecule has 0 bridgehead atoms. The lowest BCUT2D eigenvalue weighted by molar-refractivity contribution is 0.240. The van der Waals surface area contributed by atoms with Crippen molar-refractivity contribution in [2.45, 2.75) is 33.1 Å². The Morgan fingerprint density at radius 1 is 1.32 bits per heavy atom. The van der Waals surface area contributed by atoms with Crippen molar-refractivity contribution in [1.29, 1.82) is 0 Å². The fourth-order valence-corrected chi connectivity index (χ4v) is 2.91. The second-order valence-electron chi connectivity index (χ2n) is 5.40. The van der Waals surface area contributed by atoms with Gasteiger partial charge in [-0.1, -0.05) is 6.92 Å². The molecule has 0 saturated heterocycles. The standard InChI is InChI=1S/C16H22N4OS/c1-11-8-17-6-4-14(11)5-7-18-16(21)20-9-12(2)15-19-10-13(3)22-15/h4,6,8,10,12H,5,7,9H2,1-3H3,(H2,18,20,21). The predicted octanol–water partition coefficient (Wildman–Crippen LogP) is 2.80. The molecule has 2 N–H and O–H groups in total. The van der Waals surface area contributed by atoms with Crippen LogP contribution in [0.5, 0.6) is 0 Å². The zero-order chi connectivity index (χ0) is 15.9. The third-order valence-electron chi connectivity index (χ3n) is 3.45. The molecule has 2 heterocycles. The summed E-state index contributed by atoms with van der Waals surface area (Å²) in [4.78, 5) is 21.4. The molecule has 2 amide bonds. The maximum absolute atomic E-state index is 11.8. The van der Waals surface area contributed by atoms with Crippen LogP contribution in [0, 0.1) is 13.8 Å². The molecule has 118 valence electrons. The van der Waals surface area contributed by atoms with Gasteiger partial charge in [0.1, 0.15) is 0 Å². The Hall–Kier alpha value is -1.95. The Morgan fingerprint density at radius 2 is 2.14 bits per heavy atom. The molecule has 0 spiro atoms. The smallest absolute Gasteiger partial charge is 0.314 e. The third-order valence-corrected chi connectivity index (χ3v) is 4.59. The lowest BCUT2D eigenvalue weighted by Crippen LogP contribution is -2.38.